The van der Waals surface area contributed by atoms with Crippen molar-refractivity contribution in [3.63, 3.8) is 0 Å². The summed E-state index contributed by atoms with van der Waals surface area (Å²) in [4.78, 5) is 16.7. The van der Waals surface area contributed by atoms with Crippen LogP contribution >= 0.6 is 0 Å². The molecule has 7 aromatic carbocycles. The van der Waals surface area contributed by atoms with Crippen molar-refractivity contribution in [3.8, 4) is 33.8 Å². The standard InChI is InChI=1S/C56H43N5OTe/c1-56(2,41-20-10-5-11-21-41)42-30-33-58-54(34-42)61-50-36-45(28-29-52(50)63-53-31-32-57-37-51(53)61)62-44-23-14-22-43(35-44)59-38-60(49-27-13-12-26-48(49)59)55-46(39-16-6-3-7-17-39)24-15-25-47(55)40-18-8-4-9-19-40/h3-37H,38H2,1-2H3. The quantitative estimate of drug-likeness (QED) is 0.134. The van der Waals surface area contributed by atoms with Crippen LogP contribution in [-0.4, -0.2) is 37.6 Å². The normalized spacial score (nSPS) is 13.0. The zero-order valence-corrected chi connectivity index (χ0v) is 37.3. The first-order valence-corrected chi connectivity index (χ1v) is 23.6. The first kappa shape index (κ1) is 38.7. The molecule has 63 heavy (non-hydrogen) atoms. The molecule has 2 aliphatic heterocycles. The average Bonchev–Trinajstić information content (AvgIpc) is 3.73. The molecule has 0 radical (unpaired) electrons. The predicted molar refractivity (Wildman–Crippen MR) is 260 cm³/mol. The zero-order chi connectivity index (χ0) is 42.3. The van der Waals surface area contributed by atoms with Gasteiger partial charge in [-0.25, -0.2) is 0 Å². The Balaban J connectivity index is 0.941. The zero-order valence-electron chi connectivity index (χ0n) is 35.0. The summed E-state index contributed by atoms with van der Waals surface area (Å²) < 4.78 is 9.48. The van der Waals surface area contributed by atoms with Gasteiger partial charge in [0.2, 0.25) is 0 Å². The van der Waals surface area contributed by atoms with E-state index in [9.17, 15) is 0 Å². The van der Waals surface area contributed by atoms with Crippen LogP contribution in [0.3, 0.4) is 0 Å². The van der Waals surface area contributed by atoms with Crippen LogP contribution in [0.4, 0.5) is 39.9 Å². The third kappa shape index (κ3) is 7.20. The number of anilines is 7. The van der Waals surface area contributed by atoms with Gasteiger partial charge in [0.05, 0.1) is 0 Å². The molecule has 0 fully saturated rings. The summed E-state index contributed by atoms with van der Waals surface area (Å²) in [5.74, 6) is 2.40. The van der Waals surface area contributed by atoms with Crippen LogP contribution in [0.2, 0.25) is 0 Å². The number of rotatable bonds is 9. The van der Waals surface area contributed by atoms with E-state index in [1.54, 1.807) is 0 Å². The van der Waals surface area contributed by atoms with Crippen LogP contribution in [0.1, 0.15) is 25.0 Å². The summed E-state index contributed by atoms with van der Waals surface area (Å²) in [5.41, 5.74) is 13.7. The van der Waals surface area contributed by atoms with Crippen molar-refractivity contribution in [1.82, 2.24) is 9.97 Å². The van der Waals surface area contributed by atoms with Gasteiger partial charge in [-0.3, -0.25) is 0 Å². The van der Waals surface area contributed by atoms with Crippen molar-refractivity contribution in [3.05, 3.63) is 224 Å². The number of benzene rings is 7. The van der Waals surface area contributed by atoms with Gasteiger partial charge in [0.1, 0.15) is 0 Å². The van der Waals surface area contributed by atoms with Gasteiger partial charge in [0, 0.05) is 11.1 Å². The molecule has 0 saturated carbocycles. The number of aromatic nitrogens is 2. The molecular weight excluding hydrogens is 886 g/mol. The number of nitrogens with zero attached hydrogens (tertiary/aromatic N) is 5. The Hall–Kier alpha value is -7.17. The van der Waals surface area contributed by atoms with Gasteiger partial charge >= 0.3 is 274 Å². The summed E-state index contributed by atoms with van der Waals surface area (Å²) in [5, 5.41) is 0. The van der Waals surface area contributed by atoms with Gasteiger partial charge < -0.3 is 0 Å². The molecule has 6 nitrogen and oxygen atoms in total. The van der Waals surface area contributed by atoms with Crippen LogP contribution in [0.15, 0.2) is 213 Å². The molecule has 0 spiro atoms. The van der Waals surface area contributed by atoms with E-state index >= 15 is 0 Å². The van der Waals surface area contributed by atoms with Crippen molar-refractivity contribution >= 4 is 68.1 Å². The number of pyridine rings is 2. The van der Waals surface area contributed by atoms with E-state index < -0.39 is 20.9 Å². The van der Waals surface area contributed by atoms with Gasteiger partial charge in [-0.1, -0.05) is 84.9 Å². The topological polar surface area (TPSA) is 44.7 Å². The number of fused-ring (bicyclic) bond motifs is 3. The maximum atomic E-state index is 6.82. The number of hydrogen-bond donors (Lipinski definition) is 0. The minimum absolute atomic E-state index is 0.220. The van der Waals surface area contributed by atoms with Gasteiger partial charge in [0.15, 0.2) is 0 Å². The summed E-state index contributed by atoms with van der Waals surface area (Å²) in [6.45, 7) is 5.18. The molecule has 2 aliphatic rings. The Labute approximate surface area is 378 Å². The fourth-order valence-corrected chi connectivity index (χ4v) is 11.8. The second-order valence-electron chi connectivity index (χ2n) is 16.3. The molecule has 0 aliphatic carbocycles. The van der Waals surface area contributed by atoms with Crippen LogP contribution < -0.4 is 26.7 Å². The first-order chi connectivity index (χ1) is 31.0. The third-order valence-electron chi connectivity index (χ3n) is 12.2. The van der Waals surface area contributed by atoms with Crippen LogP contribution in [0, 0.1) is 0 Å². The summed E-state index contributed by atoms with van der Waals surface area (Å²) in [7, 11) is 0. The van der Waals surface area contributed by atoms with E-state index in [-0.39, 0.29) is 5.41 Å². The van der Waals surface area contributed by atoms with Crippen LogP contribution in [0.5, 0.6) is 11.5 Å². The molecule has 11 rings (SSSR count). The molecule has 0 bridgehead atoms. The van der Waals surface area contributed by atoms with E-state index in [2.05, 4.69) is 222 Å². The summed E-state index contributed by atoms with van der Waals surface area (Å²) in [6, 6.07) is 69.0. The monoisotopic (exact) mass is 931 g/mol. The number of ether oxygens (including phenoxy) is 1. The second kappa shape index (κ2) is 16.3. The molecule has 0 amide bonds. The molecule has 0 N–H and O–H groups in total. The van der Waals surface area contributed by atoms with Crippen molar-refractivity contribution < 1.29 is 4.74 Å². The van der Waals surface area contributed by atoms with E-state index in [1.807, 2.05) is 24.7 Å². The molecule has 0 saturated heterocycles. The van der Waals surface area contributed by atoms with Gasteiger partial charge in [-0.05, 0) is 11.1 Å². The first-order valence-electron chi connectivity index (χ1n) is 21.2. The second-order valence-corrected chi connectivity index (χ2v) is 19.4. The van der Waals surface area contributed by atoms with E-state index in [4.69, 9.17) is 9.72 Å². The molecule has 0 unspecified atom stereocenters. The maximum absolute atomic E-state index is 6.82. The Morgan fingerprint density at radius 3 is 1.87 bits per heavy atom. The molecule has 0 atom stereocenters. The van der Waals surface area contributed by atoms with Crippen LogP contribution in [-0.2, 0) is 5.41 Å². The Bertz CT molecular complexity index is 3050. The van der Waals surface area contributed by atoms with Crippen LogP contribution in [0.25, 0.3) is 22.3 Å². The van der Waals surface area contributed by atoms with Crippen molar-refractivity contribution in [1.29, 1.82) is 0 Å². The van der Waals surface area contributed by atoms with Crippen molar-refractivity contribution in [2.75, 3.05) is 21.4 Å². The molecule has 4 heterocycles. The number of hydrogen-bond acceptors (Lipinski definition) is 6. The van der Waals surface area contributed by atoms with Gasteiger partial charge in [-0.15, -0.1) is 0 Å². The Kier molecular flexibility index (Phi) is 10.00. The average molecular weight is 930 g/mol. The number of para-hydroxylation sites is 3. The van der Waals surface area contributed by atoms with Crippen molar-refractivity contribution in [2.45, 2.75) is 19.3 Å². The Morgan fingerprint density at radius 1 is 0.508 bits per heavy atom. The van der Waals surface area contributed by atoms with Crippen molar-refractivity contribution in [2.24, 2.45) is 0 Å². The molecule has 9 aromatic rings. The summed E-state index contributed by atoms with van der Waals surface area (Å²) in [6.07, 6.45) is 5.82. The molecule has 2 aromatic heterocycles. The van der Waals surface area contributed by atoms with E-state index in [0.717, 1.165) is 45.8 Å². The Morgan fingerprint density at radius 2 is 1.14 bits per heavy atom. The van der Waals surface area contributed by atoms with E-state index in [1.165, 1.54) is 46.3 Å². The fourth-order valence-electron chi connectivity index (χ4n) is 8.91. The molecule has 7 heteroatoms. The third-order valence-corrected chi connectivity index (χ3v) is 15.4. The predicted octanol–water partition coefficient (Wildman–Crippen LogP) is 12.6. The van der Waals surface area contributed by atoms with Gasteiger partial charge in [0.25, 0.3) is 0 Å². The molecule has 304 valence electrons. The SMILES string of the molecule is CC(C)(c1ccccc1)c1ccnc(N2c3cnccc3[Te]c3ccc(Oc4cccc(N5CN(c6c(-c7ccccc7)cccc6-c6ccccc6)c6ccccc65)c4)cc32)c1. The molecular formula is C56H43N5OTe. The fraction of sp³-hybridized carbons (Fsp3) is 0.0714. The van der Waals surface area contributed by atoms with E-state index in [0.29, 0.717) is 6.67 Å². The minimum atomic E-state index is -0.685. The summed E-state index contributed by atoms with van der Waals surface area (Å²) >= 11 is -0.685. The van der Waals surface area contributed by atoms with Gasteiger partial charge in [-0.2, -0.15) is 0 Å².